The van der Waals surface area contributed by atoms with Gasteiger partial charge in [0.25, 0.3) is 0 Å². The predicted molar refractivity (Wildman–Crippen MR) is 115 cm³/mol. The summed E-state index contributed by atoms with van der Waals surface area (Å²) in [6.07, 6.45) is 5.84. The number of hydrogen-bond donors (Lipinski definition) is 1. The SMILES string of the molecule is COC1CCN(c2nccc(Nc3cc4c(cn3)nc(CCl)n4C(C)C)n2)CC1. The van der Waals surface area contributed by atoms with E-state index < -0.39 is 0 Å². The molecule has 4 rings (SSSR count). The minimum atomic E-state index is 0.254. The molecule has 4 heterocycles. The van der Waals surface area contributed by atoms with Crippen molar-refractivity contribution in [1.29, 1.82) is 0 Å². The molecule has 0 amide bonds. The maximum Gasteiger partial charge on any atom is 0.227 e. The van der Waals surface area contributed by atoms with Crippen LogP contribution in [0.2, 0.25) is 0 Å². The summed E-state index contributed by atoms with van der Waals surface area (Å²) >= 11 is 6.08. The Morgan fingerprint density at radius 1 is 1.21 bits per heavy atom. The molecule has 3 aromatic rings. The van der Waals surface area contributed by atoms with Gasteiger partial charge < -0.3 is 19.5 Å². The number of piperidine rings is 1. The Morgan fingerprint density at radius 2 is 2.00 bits per heavy atom. The van der Waals surface area contributed by atoms with Crippen LogP contribution in [0.15, 0.2) is 24.5 Å². The molecule has 9 heteroatoms. The second-order valence-electron chi connectivity index (χ2n) is 7.47. The molecule has 0 bridgehead atoms. The van der Waals surface area contributed by atoms with E-state index in [0.29, 0.717) is 23.6 Å². The third-order valence-corrected chi connectivity index (χ3v) is 5.48. The van der Waals surface area contributed by atoms with E-state index in [-0.39, 0.29) is 6.04 Å². The van der Waals surface area contributed by atoms with Crippen LogP contribution in [0.5, 0.6) is 0 Å². The number of ether oxygens (including phenoxy) is 1. The maximum atomic E-state index is 6.08. The fourth-order valence-electron chi connectivity index (χ4n) is 3.78. The molecule has 1 fully saturated rings. The molecule has 1 aliphatic heterocycles. The summed E-state index contributed by atoms with van der Waals surface area (Å²) in [5.74, 6) is 3.36. The quantitative estimate of drug-likeness (QED) is 0.611. The first kappa shape index (κ1) is 19.8. The number of alkyl halides is 1. The first-order valence-electron chi connectivity index (χ1n) is 9.89. The number of pyridine rings is 1. The second kappa shape index (κ2) is 8.51. The van der Waals surface area contributed by atoms with Gasteiger partial charge in [-0.05, 0) is 32.8 Å². The molecule has 1 saturated heterocycles. The zero-order chi connectivity index (χ0) is 20.4. The van der Waals surface area contributed by atoms with Crippen molar-refractivity contribution in [2.24, 2.45) is 0 Å². The van der Waals surface area contributed by atoms with Gasteiger partial charge in [-0.15, -0.1) is 11.6 Å². The fourth-order valence-corrected chi connectivity index (χ4v) is 3.97. The van der Waals surface area contributed by atoms with Gasteiger partial charge >= 0.3 is 0 Å². The number of fused-ring (bicyclic) bond motifs is 1. The van der Waals surface area contributed by atoms with E-state index in [1.54, 1.807) is 19.5 Å². The van der Waals surface area contributed by atoms with Crippen molar-refractivity contribution in [3.8, 4) is 0 Å². The number of anilines is 3. The van der Waals surface area contributed by atoms with Crippen molar-refractivity contribution >= 4 is 40.2 Å². The van der Waals surface area contributed by atoms with Crippen molar-refractivity contribution < 1.29 is 4.74 Å². The van der Waals surface area contributed by atoms with Gasteiger partial charge in [0.15, 0.2) is 0 Å². The molecule has 0 atom stereocenters. The van der Waals surface area contributed by atoms with Crippen LogP contribution in [0.1, 0.15) is 38.6 Å². The van der Waals surface area contributed by atoms with Crippen LogP contribution in [0.3, 0.4) is 0 Å². The van der Waals surface area contributed by atoms with Gasteiger partial charge in [-0.1, -0.05) is 0 Å². The lowest BCUT2D eigenvalue weighted by Gasteiger charge is -2.31. The minimum absolute atomic E-state index is 0.254. The molecule has 1 aliphatic rings. The molecule has 154 valence electrons. The van der Waals surface area contributed by atoms with Crippen LogP contribution in [-0.2, 0) is 10.6 Å². The highest BCUT2D eigenvalue weighted by Gasteiger charge is 2.21. The largest absolute Gasteiger partial charge is 0.381 e. The Labute approximate surface area is 175 Å². The lowest BCUT2D eigenvalue weighted by atomic mass is 10.1. The van der Waals surface area contributed by atoms with Crippen LogP contribution >= 0.6 is 11.6 Å². The normalized spacial score (nSPS) is 15.4. The number of hydrogen-bond acceptors (Lipinski definition) is 7. The number of rotatable bonds is 6. The molecule has 0 radical (unpaired) electrons. The average Bonchev–Trinajstić information content (AvgIpc) is 3.12. The van der Waals surface area contributed by atoms with Crippen molar-refractivity contribution in [3.63, 3.8) is 0 Å². The third kappa shape index (κ3) is 4.13. The first-order chi connectivity index (χ1) is 14.1. The summed E-state index contributed by atoms with van der Waals surface area (Å²) in [7, 11) is 1.77. The highest BCUT2D eigenvalue weighted by molar-refractivity contribution is 6.16. The second-order valence-corrected chi connectivity index (χ2v) is 7.74. The zero-order valence-electron chi connectivity index (χ0n) is 17.0. The van der Waals surface area contributed by atoms with Crippen molar-refractivity contribution in [1.82, 2.24) is 24.5 Å². The van der Waals surface area contributed by atoms with Gasteiger partial charge in [-0.2, -0.15) is 4.98 Å². The molecule has 0 spiro atoms. The Balaban J connectivity index is 1.56. The highest BCUT2D eigenvalue weighted by atomic mass is 35.5. The van der Waals surface area contributed by atoms with E-state index in [1.807, 2.05) is 12.1 Å². The summed E-state index contributed by atoms with van der Waals surface area (Å²) in [5.41, 5.74) is 1.84. The van der Waals surface area contributed by atoms with Crippen LogP contribution in [-0.4, -0.2) is 50.8 Å². The lowest BCUT2D eigenvalue weighted by molar-refractivity contribution is 0.0816. The molecule has 29 heavy (non-hydrogen) atoms. The van der Waals surface area contributed by atoms with E-state index in [1.165, 1.54) is 0 Å². The van der Waals surface area contributed by atoms with Gasteiger partial charge in [-0.25, -0.2) is 15.0 Å². The first-order valence-corrected chi connectivity index (χ1v) is 10.4. The topological polar surface area (TPSA) is 81.0 Å². The van der Waals surface area contributed by atoms with E-state index in [9.17, 15) is 0 Å². The molecule has 3 aromatic heterocycles. The number of nitrogens with one attached hydrogen (secondary N) is 1. The van der Waals surface area contributed by atoms with Crippen LogP contribution < -0.4 is 10.2 Å². The van der Waals surface area contributed by atoms with Crippen LogP contribution in [0.25, 0.3) is 11.0 Å². The molecule has 0 saturated carbocycles. The van der Waals surface area contributed by atoms with Gasteiger partial charge in [0, 0.05) is 38.5 Å². The Morgan fingerprint density at radius 3 is 2.69 bits per heavy atom. The Hall–Kier alpha value is -2.45. The summed E-state index contributed by atoms with van der Waals surface area (Å²) in [5, 5.41) is 3.30. The monoisotopic (exact) mass is 415 g/mol. The Bertz CT molecular complexity index is 982. The molecule has 0 aliphatic carbocycles. The van der Waals surface area contributed by atoms with E-state index in [4.69, 9.17) is 16.3 Å². The molecular weight excluding hydrogens is 390 g/mol. The van der Waals surface area contributed by atoms with Gasteiger partial charge in [0.1, 0.15) is 23.0 Å². The third-order valence-electron chi connectivity index (χ3n) is 5.24. The van der Waals surface area contributed by atoms with Crippen molar-refractivity contribution in [3.05, 3.63) is 30.4 Å². The zero-order valence-corrected chi connectivity index (χ0v) is 17.7. The lowest BCUT2D eigenvalue weighted by Crippen LogP contribution is -2.37. The molecule has 0 aromatic carbocycles. The van der Waals surface area contributed by atoms with E-state index >= 15 is 0 Å². The van der Waals surface area contributed by atoms with Gasteiger partial charge in [0.2, 0.25) is 5.95 Å². The standard InChI is InChI=1S/C20H26ClN7O/c1-13(2)28-16-10-18(23-12-15(16)24-19(28)11-21)25-17-4-7-22-20(26-17)27-8-5-14(29-3)6-9-27/h4,7,10,12-14H,5-6,8-9,11H2,1-3H3,(H,22,23,25,26). The molecule has 0 unspecified atom stereocenters. The maximum absolute atomic E-state index is 6.08. The number of methoxy groups -OCH3 is 1. The predicted octanol–water partition coefficient (Wildman–Crippen LogP) is 3.90. The smallest absolute Gasteiger partial charge is 0.227 e. The molecule has 1 N–H and O–H groups in total. The Kier molecular flexibility index (Phi) is 5.82. The highest BCUT2D eigenvalue weighted by Crippen LogP contribution is 2.25. The molecule has 8 nitrogen and oxygen atoms in total. The summed E-state index contributed by atoms with van der Waals surface area (Å²) < 4.78 is 7.59. The fraction of sp³-hybridized carbons (Fsp3) is 0.500. The van der Waals surface area contributed by atoms with Crippen molar-refractivity contribution in [2.45, 2.75) is 44.7 Å². The van der Waals surface area contributed by atoms with Crippen LogP contribution in [0, 0.1) is 0 Å². The van der Waals surface area contributed by atoms with E-state index in [2.05, 4.69) is 48.6 Å². The summed E-state index contributed by atoms with van der Waals surface area (Å²) in [6, 6.07) is 4.09. The number of halogens is 1. The number of imidazole rings is 1. The summed E-state index contributed by atoms with van der Waals surface area (Å²) in [4.78, 5) is 20.4. The van der Waals surface area contributed by atoms with Crippen molar-refractivity contribution in [2.75, 3.05) is 30.4 Å². The number of nitrogens with zero attached hydrogens (tertiary/aromatic N) is 6. The average molecular weight is 416 g/mol. The van der Waals surface area contributed by atoms with Gasteiger partial charge in [-0.3, -0.25) is 0 Å². The minimum Gasteiger partial charge on any atom is -0.381 e. The van der Waals surface area contributed by atoms with Crippen LogP contribution in [0.4, 0.5) is 17.6 Å². The van der Waals surface area contributed by atoms with E-state index in [0.717, 1.165) is 48.7 Å². The summed E-state index contributed by atoms with van der Waals surface area (Å²) in [6.45, 7) is 6.02. The number of aromatic nitrogens is 5. The van der Waals surface area contributed by atoms with Gasteiger partial charge in [0.05, 0.1) is 23.7 Å². The molecular formula is C20H26ClN7O.